The Bertz CT molecular complexity index is 902. The van der Waals surface area contributed by atoms with Crippen molar-refractivity contribution >= 4 is 11.6 Å². The average molecular weight is 337 g/mol. The highest BCUT2D eigenvalue weighted by Crippen LogP contribution is 2.21. The number of carbonyl (C=O) groups excluding carboxylic acids is 1. The lowest BCUT2D eigenvalue weighted by atomic mass is 9.96. The van der Waals surface area contributed by atoms with E-state index in [0.717, 1.165) is 43.8 Å². The third-order valence-electron chi connectivity index (χ3n) is 5.07. The number of amides is 1. The molecule has 0 N–H and O–H groups in total. The second-order valence-electron chi connectivity index (χ2n) is 6.92. The second-order valence-corrected chi connectivity index (χ2v) is 6.92. The minimum absolute atomic E-state index is 0.0725. The van der Waals surface area contributed by atoms with E-state index in [0.29, 0.717) is 11.6 Å². The molecule has 25 heavy (non-hydrogen) atoms. The molecule has 0 aliphatic carbocycles. The lowest BCUT2D eigenvalue weighted by Crippen LogP contribution is -2.39. The number of nitrogens with zero attached hydrogens (tertiary/aromatic N) is 5. The van der Waals surface area contributed by atoms with Crippen LogP contribution in [0.4, 0.5) is 0 Å². The molecular weight excluding hydrogens is 314 g/mol. The van der Waals surface area contributed by atoms with Crippen molar-refractivity contribution in [3.8, 4) is 0 Å². The van der Waals surface area contributed by atoms with Crippen molar-refractivity contribution in [2.75, 3.05) is 13.1 Å². The first-order valence-electron chi connectivity index (χ1n) is 8.84. The first-order valence-corrected chi connectivity index (χ1v) is 8.84. The number of pyridine rings is 1. The van der Waals surface area contributed by atoms with Crippen LogP contribution in [0.5, 0.6) is 0 Å². The van der Waals surface area contributed by atoms with E-state index in [4.69, 9.17) is 0 Å². The first kappa shape index (κ1) is 15.9. The summed E-state index contributed by atoms with van der Waals surface area (Å²) in [4.78, 5) is 19.1. The number of hydrogen-bond donors (Lipinski definition) is 0. The van der Waals surface area contributed by atoms with Crippen LogP contribution in [0.15, 0.2) is 36.7 Å². The predicted molar refractivity (Wildman–Crippen MR) is 95.5 cm³/mol. The maximum absolute atomic E-state index is 12.8. The summed E-state index contributed by atoms with van der Waals surface area (Å²) in [6, 6.07) is 7.88. The lowest BCUT2D eigenvalue weighted by Gasteiger charge is -2.32. The molecule has 4 rings (SSSR count). The largest absolute Gasteiger partial charge is 0.337 e. The summed E-state index contributed by atoms with van der Waals surface area (Å²) in [5.41, 5.74) is 3.73. The fourth-order valence-corrected chi connectivity index (χ4v) is 3.68. The molecule has 0 radical (unpaired) electrons. The molecule has 1 amide bonds. The van der Waals surface area contributed by atoms with Gasteiger partial charge in [-0.3, -0.25) is 13.9 Å². The summed E-state index contributed by atoms with van der Waals surface area (Å²) in [6.45, 7) is 6.66. The number of likely N-dealkylation sites (tertiary alicyclic amines) is 1. The minimum atomic E-state index is 0.0725. The van der Waals surface area contributed by atoms with Crippen LogP contribution in [-0.4, -0.2) is 43.1 Å². The van der Waals surface area contributed by atoms with Crippen molar-refractivity contribution in [3.05, 3.63) is 53.7 Å². The van der Waals surface area contributed by atoms with Crippen LogP contribution in [0.2, 0.25) is 0 Å². The zero-order valence-electron chi connectivity index (χ0n) is 14.7. The third-order valence-corrected chi connectivity index (χ3v) is 5.07. The van der Waals surface area contributed by atoms with Gasteiger partial charge in [-0.2, -0.15) is 5.10 Å². The number of aromatic nitrogens is 4. The summed E-state index contributed by atoms with van der Waals surface area (Å²) in [5, 5.41) is 4.56. The molecule has 0 unspecified atom stereocenters. The Hall–Kier alpha value is -2.63. The van der Waals surface area contributed by atoms with Crippen LogP contribution in [0.1, 0.15) is 34.7 Å². The van der Waals surface area contributed by atoms with Gasteiger partial charge in [0.1, 0.15) is 11.3 Å². The number of aryl methyl sites for hydroxylation is 2. The van der Waals surface area contributed by atoms with Gasteiger partial charge in [-0.05, 0) is 50.8 Å². The van der Waals surface area contributed by atoms with E-state index in [9.17, 15) is 4.79 Å². The topological polar surface area (TPSA) is 55.4 Å². The van der Waals surface area contributed by atoms with Crippen molar-refractivity contribution in [3.63, 3.8) is 0 Å². The zero-order valence-corrected chi connectivity index (χ0v) is 14.7. The van der Waals surface area contributed by atoms with Crippen molar-refractivity contribution in [1.29, 1.82) is 0 Å². The van der Waals surface area contributed by atoms with E-state index in [1.807, 2.05) is 40.6 Å². The normalized spacial score (nSPS) is 15.8. The molecule has 6 heteroatoms. The van der Waals surface area contributed by atoms with Gasteiger partial charge in [0.05, 0.1) is 11.9 Å². The average Bonchev–Trinajstić information content (AvgIpc) is 3.18. The Balaban J connectivity index is 1.41. The molecule has 6 nitrogen and oxygen atoms in total. The molecule has 1 fully saturated rings. The SMILES string of the molecule is Cc1cc(C)n(CC2CCN(C(=O)c3cnc4ccccn34)CC2)n1. The van der Waals surface area contributed by atoms with Crippen LogP contribution in [-0.2, 0) is 6.54 Å². The Morgan fingerprint density at radius 2 is 2.04 bits per heavy atom. The van der Waals surface area contributed by atoms with Crippen molar-refractivity contribution in [2.24, 2.45) is 5.92 Å². The summed E-state index contributed by atoms with van der Waals surface area (Å²) >= 11 is 0. The molecule has 130 valence electrons. The number of hydrogen-bond acceptors (Lipinski definition) is 3. The number of piperidine rings is 1. The van der Waals surface area contributed by atoms with E-state index < -0.39 is 0 Å². The minimum Gasteiger partial charge on any atom is -0.337 e. The molecule has 1 saturated heterocycles. The van der Waals surface area contributed by atoms with E-state index in [1.54, 1.807) is 6.20 Å². The number of imidazole rings is 1. The molecule has 0 aromatic carbocycles. The van der Waals surface area contributed by atoms with Gasteiger partial charge in [0.15, 0.2) is 0 Å². The van der Waals surface area contributed by atoms with Gasteiger partial charge in [-0.1, -0.05) is 6.07 Å². The third kappa shape index (κ3) is 3.04. The smallest absolute Gasteiger partial charge is 0.272 e. The van der Waals surface area contributed by atoms with Gasteiger partial charge in [0, 0.05) is 31.5 Å². The molecular formula is C19H23N5O. The summed E-state index contributed by atoms with van der Waals surface area (Å²) in [5.74, 6) is 0.646. The monoisotopic (exact) mass is 337 g/mol. The Kier molecular flexibility index (Phi) is 4.03. The highest BCUT2D eigenvalue weighted by molar-refractivity contribution is 5.93. The molecule has 0 saturated carbocycles. The molecule has 4 heterocycles. The van der Waals surface area contributed by atoms with E-state index in [-0.39, 0.29) is 5.91 Å². The van der Waals surface area contributed by atoms with Crippen molar-refractivity contribution in [1.82, 2.24) is 24.1 Å². The predicted octanol–water partition coefficient (Wildman–Crippen LogP) is 2.70. The second kappa shape index (κ2) is 6.35. The molecule has 0 bridgehead atoms. The number of rotatable bonds is 3. The Morgan fingerprint density at radius 3 is 2.76 bits per heavy atom. The summed E-state index contributed by atoms with van der Waals surface area (Å²) in [6.07, 6.45) is 5.60. The fourth-order valence-electron chi connectivity index (χ4n) is 3.68. The van der Waals surface area contributed by atoms with Gasteiger partial charge in [0.25, 0.3) is 5.91 Å². The number of carbonyl (C=O) groups is 1. The quantitative estimate of drug-likeness (QED) is 0.738. The molecule has 1 aliphatic rings. The highest BCUT2D eigenvalue weighted by Gasteiger charge is 2.26. The zero-order chi connectivity index (χ0) is 17.4. The molecule has 0 spiro atoms. The maximum atomic E-state index is 12.8. The first-order chi connectivity index (χ1) is 12.1. The number of fused-ring (bicyclic) bond motifs is 1. The molecule has 3 aromatic rings. The lowest BCUT2D eigenvalue weighted by molar-refractivity contribution is 0.0674. The molecule has 1 aliphatic heterocycles. The van der Waals surface area contributed by atoms with Crippen LogP contribution < -0.4 is 0 Å². The standard InChI is InChI=1S/C19H23N5O/c1-14-11-15(2)24(21-14)13-16-6-9-22(10-7-16)19(25)17-12-20-18-5-3-4-8-23(17)18/h3-5,8,11-12,16H,6-7,9-10,13H2,1-2H3. The van der Waals surface area contributed by atoms with Crippen LogP contribution in [0, 0.1) is 19.8 Å². The van der Waals surface area contributed by atoms with Gasteiger partial charge < -0.3 is 4.90 Å². The summed E-state index contributed by atoms with van der Waals surface area (Å²) in [7, 11) is 0. The van der Waals surface area contributed by atoms with Gasteiger partial charge in [-0.15, -0.1) is 0 Å². The van der Waals surface area contributed by atoms with Gasteiger partial charge in [0.2, 0.25) is 0 Å². The Labute approximate surface area is 147 Å². The maximum Gasteiger partial charge on any atom is 0.272 e. The van der Waals surface area contributed by atoms with Crippen LogP contribution in [0.25, 0.3) is 5.65 Å². The van der Waals surface area contributed by atoms with E-state index >= 15 is 0 Å². The van der Waals surface area contributed by atoms with Crippen molar-refractivity contribution in [2.45, 2.75) is 33.2 Å². The summed E-state index contributed by atoms with van der Waals surface area (Å²) < 4.78 is 3.96. The van der Waals surface area contributed by atoms with Gasteiger partial charge in [-0.25, -0.2) is 4.98 Å². The Morgan fingerprint density at radius 1 is 1.24 bits per heavy atom. The molecule has 0 atom stereocenters. The fraction of sp³-hybridized carbons (Fsp3) is 0.421. The van der Waals surface area contributed by atoms with Crippen molar-refractivity contribution < 1.29 is 4.79 Å². The van der Waals surface area contributed by atoms with E-state index in [2.05, 4.69) is 27.8 Å². The van der Waals surface area contributed by atoms with Gasteiger partial charge >= 0.3 is 0 Å². The van der Waals surface area contributed by atoms with E-state index in [1.165, 1.54) is 5.69 Å². The van der Waals surface area contributed by atoms with Crippen LogP contribution >= 0.6 is 0 Å². The highest BCUT2D eigenvalue weighted by atomic mass is 16.2. The van der Waals surface area contributed by atoms with Crippen LogP contribution in [0.3, 0.4) is 0 Å². The molecule has 3 aromatic heterocycles.